The standard InChI is InChI=1S/C14H14O3S/c1-2-12-8-6-7-11-14(12)17-18(15,16)13-9-4-3-5-10-13/h3-11H,2H2,1H3. The first-order valence-electron chi connectivity index (χ1n) is 5.71. The molecular weight excluding hydrogens is 248 g/mol. The van der Waals surface area contributed by atoms with E-state index in [0.717, 1.165) is 12.0 Å². The van der Waals surface area contributed by atoms with Crippen molar-refractivity contribution in [1.82, 2.24) is 0 Å². The molecule has 2 aromatic carbocycles. The molecule has 0 unspecified atom stereocenters. The minimum absolute atomic E-state index is 0.163. The van der Waals surface area contributed by atoms with Crippen molar-refractivity contribution in [2.45, 2.75) is 18.2 Å². The second kappa shape index (κ2) is 5.23. The number of benzene rings is 2. The van der Waals surface area contributed by atoms with E-state index in [4.69, 9.17) is 4.18 Å². The van der Waals surface area contributed by atoms with E-state index in [1.54, 1.807) is 30.3 Å². The van der Waals surface area contributed by atoms with Gasteiger partial charge in [0.05, 0.1) is 0 Å². The molecule has 0 bridgehead atoms. The zero-order valence-electron chi connectivity index (χ0n) is 10.0. The van der Waals surface area contributed by atoms with Crippen molar-refractivity contribution in [3.05, 3.63) is 60.2 Å². The fourth-order valence-electron chi connectivity index (χ4n) is 1.63. The average molecular weight is 262 g/mol. The molecular formula is C14H14O3S. The lowest BCUT2D eigenvalue weighted by atomic mass is 10.1. The van der Waals surface area contributed by atoms with Gasteiger partial charge in [0.1, 0.15) is 10.6 Å². The summed E-state index contributed by atoms with van der Waals surface area (Å²) in [6.07, 6.45) is 0.723. The maximum Gasteiger partial charge on any atom is 0.339 e. The molecule has 0 radical (unpaired) electrons. The maximum absolute atomic E-state index is 12.0. The van der Waals surface area contributed by atoms with Gasteiger partial charge in [0, 0.05) is 0 Å². The molecule has 0 aliphatic carbocycles. The lowest BCUT2D eigenvalue weighted by molar-refractivity contribution is 0.483. The van der Waals surface area contributed by atoms with Crippen molar-refractivity contribution in [2.24, 2.45) is 0 Å². The normalized spacial score (nSPS) is 11.2. The number of rotatable bonds is 4. The Balaban J connectivity index is 2.34. The smallest absolute Gasteiger partial charge is 0.339 e. The molecule has 94 valence electrons. The molecule has 2 aromatic rings. The van der Waals surface area contributed by atoms with Gasteiger partial charge in [-0.1, -0.05) is 43.3 Å². The third kappa shape index (κ3) is 2.71. The summed E-state index contributed by atoms with van der Waals surface area (Å²) in [5.41, 5.74) is 0.872. The van der Waals surface area contributed by atoms with Crippen LogP contribution in [0.25, 0.3) is 0 Å². The number of aryl methyl sites for hydroxylation is 1. The Kier molecular flexibility index (Phi) is 3.67. The summed E-state index contributed by atoms with van der Waals surface area (Å²) < 4.78 is 29.3. The minimum Gasteiger partial charge on any atom is -0.379 e. The van der Waals surface area contributed by atoms with Crippen molar-refractivity contribution < 1.29 is 12.6 Å². The first kappa shape index (κ1) is 12.6. The van der Waals surface area contributed by atoms with E-state index in [0.29, 0.717) is 5.75 Å². The largest absolute Gasteiger partial charge is 0.379 e. The highest BCUT2D eigenvalue weighted by Crippen LogP contribution is 2.23. The van der Waals surface area contributed by atoms with Crippen LogP contribution in [0, 0.1) is 0 Å². The monoisotopic (exact) mass is 262 g/mol. The summed E-state index contributed by atoms with van der Waals surface area (Å²) in [6.45, 7) is 1.96. The van der Waals surface area contributed by atoms with Crippen LogP contribution in [0.3, 0.4) is 0 Å². The van der Waals surface area contributed by atoms with Crippen LogP contribution in [0.15, 0.2) is 59.5 Å². The quantitative estimate of drug-likeness (QED) is 0.795. The van der Waals surface area contributed by atoms with Crippen LogP contribution < -0.4 is 4.18 Å². The van der Waals surface area contributed by atoms with Crippen molar-refractivity contribution in [1.29, 1.82) is 0 Å². The van der Waals surface area contributed by atoms with Crippen molar-refractivity contribution in [3.8, 4) is 5.75 Å². The van der Waals surface area contributed by atoms with E-state index in [1.165, 1.54) is 12.1 Å². The van der Waals surface area contributed by atoms with Crippen LogP contribution in [-0.2, 0) is 16.5 Å². The Labute approximate surface area is 107 Å². The van der Waals surface area contributed by atoms with Crippen LogP contribution in [0.1, 0.15) is 12.5 Å². The highest BCUT2D eigenvalue weighted by Gasteiger charge is 2.17. The van der Waals surface area contributed by atoms with Gasteiger partial charge in [0.15, 0.2) is 0 Å². The molecule has 0 amide bonds. The van der Waals surface area contributed by atoms with E-state index < -0.39 is 10.1 Å². The van der Waals surface area contributed by atoms with Gasteiger partial charge in [-0.05, 0) is 30.2 Å². The van der Waals surface area contributed by atoms with E-state index in [9.17, 15) is 8.42 Å². The van der Waals surface area contributed by atoms with Crippen molar-refractivity contribution >= 4 is 10.1 Å². The summed E-state index contributed by atoms with van der Waals surface area (Å²) in [4.78, 5) is 0.163. The first-order valence-corrected chi connectivity index (χ1v) is 7.12. The lowest BCUT2D eigenvalue weighted by Gasteiger charge is -2.10. The van der Waals surface area contributed by atoms with Crippen molar-refractivity contribution in [2.75, 3.05) is 0 Å². The first-order chi connectivity index (χ1) is 8.63. The molecule has 18 heavy (non-hydrogen) atoms. The predicted molar refractivity (Wildman–Crippen MR) is 70.1 cm³/mol. The zero-order chi connectivity index (χ0) is 13.0. The Morgan fingerprint density at radius 1 is 0.944 bits per heavy atom. The lowest BCUT2D eigenvalue weighted by Crippen LogP contribution is -2.10. The van der Waals surface area contributed by atoms with E-state index in [-0.39, 0.29) is 4.90 Å². The Hall–Kier alpha value is -1.81. The maximum atomic E-state index is 12.0. The van der Waals surface area contributed by atoms with Gasteiger partial charge >= 0.3 is 10.1 Å². The molecule has 0 aromatic heterocycles. The number of hydrogen-bond acceptors (Lipinski definition) is 3. The Morgan fingerprint density at radius 3 is 2.22 bits per heavy atom. The topological polar surface area (TPSA) is 43.4 Å². The molecule has 2 rings (SSSR count). The Morgan fingerprint density at radius 2 is 1.56 bits per heavy atom. The molecule has 0 saturated heterocycles. The molecule has 0 aliphatic heterocycles. The Bertz CT molecular complexity index is 618. The van der Waals surface area contributed by atoms with E-state index in [2.05, 4.69) is 0 Å². The van der Waals surface area contributed by atoms with Gasteiger partial charge in [-0.25, -0.2) is 0 Å². The summed E-state index contributed by atoms with van der Waals surface area (Å²) in [6, 6.07) is 15.3. The summed E-state index contributed by atoms with van der Waals surface area (Å²) in [5.74, 6) is 0.392. The van der Waals surface area contributed by atoms with Crippen LogP contribution in [0.5, 0.6) is 5.75 Å². The zero-order valence-corrected chi connectivity index (χ0v) is 10.9. The van der Waals surface area contributed by atoms with Crippen LogP contribution in [0.4, 0.5) is 0 Å². The molecule has 0 saturated carbocycles. The second-order valence-electron chi connectivity index (χ2n) is 3.81. The van der Waals surface area contributed by atoms with Crippen LogP contribution in [-0.4, -0.2) is 8.42 Å². The second-order valence-corrected chi connectivity index (χ2v) is 5.36. The van der Waals surface area contributed by atoms with Gasteiger partial charge in [-0.15, -0.1) is 0 Å². The molecule has 0 aliphatic rings. The van der Waals surface area contributed by atoms with Crippen LogP contribution in [0.2, 0.25) is 0 Å². The van der Waals surface area contributed by atoms with Gasteiger partial charge < -0.3 is 4.18 Å². The molecule has 3 nitrogen and oxygen atoms in total. The molecule has 0 spiro atoms. The third-order valence-electron chi connectivity index (χ3n) is 2.58. The van der Waals surface area contributed by atoms with Crippen LogP contribution >= 0.6 is 0 Å². The van der Waals surface area contributed by atoms with E-state index in [1.807, 2.05) is 19.1 Å². The number of para-hydroxylation sites is 1. The fourth-order valence-corrected chi connectivity index (χ4v) is 2.62. The van der Waals surface area contributed by atoms with Crippen molar-refractivity contribution in [3.63, 3.8) is 0 Å². The number of hydrogen-bond donors (Lipinski definition) is 0. The predicted octanol–water partition coefficient (Wildman–Crippen LogP) is 3.02. The van der Waals surface area contributed by atoms with Gasteiger partial charge in [-0.2, -0.15) is 8.42 Å². The van der Waals surface area contributed by atoms with E-state index >= 15 is 0 Å². The molecule has 0 fully saturated rings. The van der Waals surface area contributed by atoms with Gasteiger partial charge in [0.25, 0.3) is 0 Å². The van der Waals surface area contributed by atoms with Gasteiger partial charge in [-0.3, -0.25) is 0 Å². The summed E-state index contributed by atoms with van der Waals surface area (Å²) >= 11 is 0. The highest BCUT2D eigenvalue weighted by atomic mass is 32.2. The average Bonchev–Trinajstić information content (AvgIpc) is 2.40. The SMILES string of the molecule is CCc1ccccc1OS(=O)(=O)c1ccccc1. The molecule has 0 atom stereocenters. The summed E-state index contributed by atoms with van der Waals surface area (Å²) in [5, 5.41) is 0. The minimum atomic E-state index is -3.75. The molecule has 4 heteroatoms. The molecule has 0 N–H and O–H groups in total. The third-order valence-corrected chi connectivity index (χ3v) is 3.83. The highest BCUT2D eigenvalue weighted by molar-refractivity contribution is 7.87. The molecule has 0 heterocycles. The fraction of sp³-hybridized carbons (Fsp3) is 0.143. The summed E-state index contributed by atoms with van der Waals surface area (Å²) in [7, 11) is -3.75. The van der Waals surface area contributed by atoms with Gasteiger partial charge in [0.2, 0.25) is 0 Å².